The maximum atomic E-state index is 12.7. The second-order valence-electron chi connectivity index (χ2n) is 5.85. The highest BCUT2D eigenvalue weighted by Crippen LogP contribution is 2.41. The van der Waals surface area contributed by atoms with Gasteiger partial charge in [0.25, 0.3) is 5.91 Å². The Hall–Kier alpha value is -2.80. The quantitative estimate of drug-likeness (QED) is 0.808. The highest BCUT2D eigenvalue weighted by atomic mass is 35.5. The molecule has 1 aliphatic heterocycles. The van der Waals surface area contributed by atoms with E-state index in [4.69, 9.17) is 35.3 Å². The average molecular weight is 394 g/mol. The van der Waals surface area contributed by atoms with Crippen molar-refractivity contribution < 1.29 is 28.5 Å². The van der Waals surface area contributed by atoms with Crippen LogP contribution in [0, 0.1) is 0 Å². The normalized spacial score (nSPS) is 13.1. The molecule has 7 nitrogen and oxygen atoms in total. The Bertz CT molecular complexity index is 845. The van der Waals surface area contributed by atoms with Crippen LogP contribution in [0.3, 0.4) is 0 Å². The number of methoxy groups -OCH3 is 3. The fourth-order valence-corrected chi connectivity index (χ4v) is 3.08. The van der Waals surface area contributed by atoms with Crippen LogP contribution in [0.25, 0.3) is 0 Å². The van der Waals surface area contributed by atoms with E-state index < -0.39 is 0 Å². The van der Waals surface area contributed by atoms with Gasteiger partial charge < -0.3 is 29.0 Å². The maximum absolute atomic E-state index is 12.7. The van der Waals surface area contributed by atoms with Crippen LogP contribution < -0.4 is 29.0 Å². The molecule has 1 unspecified atom stereocenters. The monoisotopic (exact) mass is 393 g/mol. The number of nitrogens with one attached hydrogen (secondary N) is 1. The van der Waals surface area contributed by atoms with Gasteiger partial charge in [0.15, 0.2) is 23.0 Å². The third-order valence-electron chi connectivity index (χ3n) is 4.22. The Kier molecular flexibility index (Phi) is 5.51. The molecular weight excluding hydrogens is 374 g/mol. The summed E-state index contributed by atoms with van der Waals surface area (Å²) in [5, 5.41) is 3.25. The fraction of sp³-hybridized carbons (Fsp3) is 0.316. The predicted octanol–water partition coefficient (Wildman–Crippen LogP) is 3.59. The van der Waals surface area contributed by atoms with Gasteiger partial charge in [-0.25, -0.2) is 0 Å². The van der Waals surface area contributed by atoms with Crippen molar-refractivity contribution in [3.63, 3.8) is 0 Å². The van der Waals surface area contributed by atoms with Crippen LogP contribution in [0.1, 0.15) is 28.9 Å². The Labute approximate surface area is 162 Å². The number of fused-ring (bicyclic) bond motifs is 1. The Morgan fingerprint density at radius 1 is 1.07 bits per heavy atom. The summed E-state index contributed by atoms with van der Waals surface area (Å²) in [5.41, 5.74) is 1.17. The van der Waals surface area contributed by atoms with Crippen molar-refractivity contribution in [1.82, 2.24) is 5.32 Å². The van der Waals surface area contributed by atoms with Gasteiger partial charge in [0.05, 0.1) is 32.4 Å². The second kappa shape index (κ2) is 7.84. The highest BCUT2D eigenvalue weighted by molar-refractivity contribution is 6.32. The Balaban J connectivity index is 1.84. The van der Waals surface area contributed by atoms with Crippen LogP contribution in [0.2, 0.25) is 5.02 Å². The van der Waals surface area contributed by atoms with Gasteiger partial charge >= 0.3 is 0 Å². The maximum Gasteiger partial charge on any atom is 0.251 e. The molecule has 0 saturated carbocycles. The average Bonchev–Trinajstić information content (AvgIpc) is 3.15. The van der Waals surface area contributed by atoms with Crippen molar-refractivity contribution in [3.05, 3.63) is 40.4 Å². The molecule has 1 amide bonds. The van der Waals surface area contributed by atoms with E-state index in [-0.39, 0.29) is 18.7 Å². The van der Waals surface area contributed by atoms with Crippen molar-refractivity contribution in [1.29, 1.82) is 0 Å². The summed E-state index contributed by atoms with van der Waals surface area (Å²) >= 11 is 6.15. The van der Waals surface area contributed by atoms with E-state index in [0.29, 0.717) is 39.3 Å². The van der Waals surface area contributed by atoms with Crippen LogP contribution >= 0.6 is 11.6 Å². The zero-order valence-corrected chi connectivity index (χ0v) is 16.2. The first-order valence-electron chi connectivity index (χ1n) is 8.18. The van der Waals surface area contributed by atoms with Gasteiger partial charge in [0.2, 0.25) is 12.5 Å². The molecule has 0 saturated heterocycles. The molecule has 3 rings (SSSR count). The van der Waals surface area contributed by atoms with Gasteiger partial charge in [-0.1, -0.05) is 11.6 Å². The van der Waals surface area contributed by atoms with Crippen LogP contribution in [0.15, 0.2) is 24.3 Å². The summed E-state index contributed by atoms with van der Waals surface area (Å²) in [6.07, 6.45) is 0. The molecule has 0 bridgehead atoms. The number of halogens is 1. The number of hydrogen-bond acceptors (Lipinski definition) is 6. The highest BCUT2D eigenvalue weighted by Gasteiger charge is 2.22. The zero-order valence-electron chi connectivity index (χ0n) is 15.4. The summed E-state index contributed by atoms with van der Waals surface area (Å²) in [4.78, 5) is 12.7. The summed E-state index contributed by atoms with van der Waals surface area (Å²) in [5.74, 6) is 2.12. The van der Waals surface area contributed by atoms with Crippen molar-refractivity contribution in [2.45, 2.75) is 13.0 Å². The lowest BCUT2D eigenvalue weighted by Crippen LogP contribution is -2.26. The van der Waals surface area contributed by atoms with Gasteiger partial charge in [-0.3, -0.25) is 4.79 Å². The van der Waals surface area contributed by atoms with Crippen molar-refractivity contribution in [2.75, 3.05) is 28.1 Å². The summed E-state index contributed by atoms with van der Waals surface area (Å²) < 4.78 is 26.6. The number of carbonyl (C=O) groups is 1. The third-order valence-corrected chi connectivity index (χ3v) is 4.50. The lowest BCUT2D eigenvalue weighted by atomic mass is 10.1. The van der Waals surface area contributed by atoms with Gasteiger partial charge in [0.1, 0.15) is 0 Å². The minimum Gasteiger partial charge on any atom is -0.493 e. The second-order valence-corrected chi connectivity index (χ2v) is 6.25. The van der Waals surface area contributed by atoms with E-state index in [1.165, 1.54) is 7.11 Å². The molecule has 0 radical (unpaired) electrons. The first kappa shape index (κ1) is 19.0. The third kappa shape index (κ3) is 3.68. The molecule has 0 aliphatic carbocycles. The molecular formula is C19H20ClNO6. The summed E-state index contributed by atoms with van der Waals surface area (Å²) in [6.45, 7) is 1.94. The van der Waals surface area contributed by atoms with Crippen molar-refractivity contribution >= 4 is 17.5 Å². The topological polar surface area (TPSA) is 75.3 Å². The Morgan fingerprint density at radius 3 is 2.33 bits per heavy atom. The van der Waals surface area contributed by atoms with Gasteiger partial charge in [-0.2, -0.15) is 0 Å². The first-order valence-corrected chi connectivity index (χ1v) is 8.56. The number of carbonyl (C=O) groups excluding carboxylic acids is 1. The number of ether oxygens (including phenoxy) is 5. The number of hydrogen-bond donors (Lipinski definition) is 1. The molecule has 27 heavy (non-hydrogen) atoms. The van der Waals surface area contributed by atoms with E-state index in [1.54, 1.807) is 38.5 Å². The van der Waals surface area contributed by atoms with Crippen molar-refractivity contribution in [2.24, 2.45) is 0 Å². The fourth-order valence-electron chi connectivity index (χ4n) is 2.81. The smallest absolute Gasteiger partial charge is 0.251 e. The van der Waals surface area contributed by atoms with Crippen molar-refractivity contribution in [3.8, 4) is 28.7 Å². The molecule has 8 heteroatoms. The molecule has 1 heterocycles. The molecule has 0 spiro atoms. The molecule has 0 fully saturated rings. The predicted molar refractivity (Wildman–Crippen MR) is 99.6 cm³/mol. The van der Waals surface area contributed by atoms with Crippen LogP contribution in [-0.4, -0.2) is 34.0 Å². The SMILES string of the molecule is COc1cc(C(C)NC(=O)c2cc(Cl)c3c(c2)OCO3)cc(OC)c1OC. The number of rotatable bonds is 6. The lowest BCUT2D eigenvalue weighted by Gasteiger charge is -2.19. The van der Waals surface area contributed by atoms with E-state index in [2.05, 4.69) is 5.32 Å². The first-order chi connectivity index (χ1) is 13.0. The van der Waals surface area contributed by atoms with Gasteiger partial charge in [0, 0.05) is 5.56 Å². The lowest BCUT2D eigenvalue weighted by molar-refractivity contribution is 0.0939. The van der Waals surface area contributed by atoms with E-state index in [1.807, 2.05) is 6.92 Å². The van der Waals surface area contributed by atoms with Crippen LogP contribution in [0.4, 0.5) is 0 Å². The summed E-state index contributed by atoms with van der Waals surface area (Å²) in [7, 11) is 4.62. The summed E-state index contributed by atoms with van der Waals surface area (Å²) in [6, 6.07) is 6.41. The number of benzene rings is 2. The van der Waals surface area contributed by atoms with E-state index in [0.717, 1.165) is 5.56 Å². The molecule has 144 valence electrons. The van der Waals surface area contributed by atoms with E-state index >= 15 is 0 Å². The molecule has 1 atom stereocenters. The largest absolute Gasteiger partial charge is 0.493 e. The Morgan fingerprint density at radius 2 is 1.74 bits per heavy atom. The standard InChI is InChI=1S/C19H20ClNO6/c1-10(11-6-14(23-2)18(25-4)15(7-11)24-3)21-19(22)12-5-13(20)17-16(8-12)26-9-27-17/h5-8,10H,9H2,1-4H3,(H,21,22). The minimum absolute atomic E-state index is 0.0853. The molecule has 1 aliphatic rings. The van der Waals surface area contributed by atoms with Crippen LogP contribution in [-0.2, 0) is 0 Å². The molecule has 0 aromatic heterocycles. The van der Waals surface area contributed by atoms with Gasteiger partial charge in [-0.05, 0) is 36.8 Å². The zero-order chi connectivity index (χ0) is 19.6. The molecule has 2 aromatic carbocycles. The molecule has 2 aromatic rings. The van der Waals surface area contributed by atoms with Crippen LogP contribution in [0.5, 0.6) is 28.7 Å². The minimum atomic E-state index is -0.324. The molecule has 1 N–H and O–H groups in total. The van der Waals surface area contributed by atoms with E-state index in [9.17, 15) is 4.79 Å². The van der Waals surface area contributed by atoms with Gasteiger partial charge in [-0.15, -0.1) is 0 Å². The number of amides is 1.